The Morgan fingerprint density at radius 3 is 2.50 bits per heavy atom. The summed E-state index contributed by atoms with van der Waals surface area (Å²) >= 11 is 0. The average molecular weight is 221 g/mol. The van der Waals surface area contributed by atoms with Gasteiger partial charge in [0.1, 0.15) is 5.82 Å². The van der Waals surface area contributed by atoms with Crippen LogP contribution in [0.1, 0.15) is 0 Å². The highest BCUT2D eigenvalue weighted by atomic mass is 15.3. The van der Waals surface area contributed by atoms with E-state index in [2.05, 4.69) is 26.8 Å². The highest BCUT2D eigenvalue weighted by molar-refractivity contribution is 5.42. The minimum atomic E-state index is 0.847. The van der Waals surface area contributed by atoms with Crippen LogP contribution in [0.15, 0.2) is 12.3 Å². The summed E-state index contributed by atoms with van der Waals surface area (Å²) in [7, 11) is 6.14. The van der Waals surface area contributed by atoms with Gasteiger partial charge in [-0.1, -0.05) is 0 Å². The Labute approximate surface area is 96.7 Å². The maximum absolute atomic E-state index is 4.54. The van der Waals surface area contributed by atoms with Crippen molar-refractivity contribution >= 4 is 11.8 Å². The molecule has 1 aliphatic rings. The number of hydrogen-bond acceptors (Lipinski definition) is 5. The lowest BCUT2D eigenvalue weighted by Crippen LogP contribution is -2.45. The first-order valence-corrected chi connectivity index (χ1v) is 5.60. The van der Waals surface area contributed by atoms with Crippen LogP contribution in [0.25, 0.3) is 0 Å². The molecule has 0 radical (unpaired) electrons. The SMILES string of the molecule is CN1CCN(c2nccc(N(C)C)n2)CC1. The number of hydrogen-bond donors (Lipinski definition) is 0. The maximum Gasteiger partial charge on any atom is 0.227 e. The molecule has 1 aromatic rings. The van der Waals surface area contributed by atoms with Crippen molar-refractivity contribution in [3.05, 3.63) is 12.3 Å². The van der Waals surface area contributed by atoms with E-state index < -0.39 is 0 Å². The zero-order chi connectivity index (χ0) is 11.5. The van der Waals surface area contributed by atoms with E-state index in [-0.39, 0.29) is 0 Å². The Hall–Kier alpha value is -1.36. The highest BCUT2D eigenvalue weighted by Crippen LogP contribution is 2.14. The van der Waals surface area contributed by atoms with Crippen LogP contribution in [0.5, 0.6) is 0 Å². The second-order valence-electron chi connectivity index (χ2n) is 4.40. The van der Waals surface area contributed by atoms with Crippen molar-refractivity contribution in [1.82, 2.24) is 14.9 Å². The van der Waals surface area contributed by atoms with E-state index in [1.54, 1.807) is 0 Å². The zero-order valence-electron chi connectivity index (χ0n) is 10.2. The van der Waals surface area contributed by atoms with E-state index in [0.717, 1.165) is 37.9 Å². The number of likely N-dealkylation sites (N-methyl/N-ethyl adjacent to an activating group) is 1. The number of rotatable bonds is 2. The van der Waals surface area contributed by atoms with E-state index >= 15 is 0 Å². The summed E-state index contributed by atoms with van der Waals surface area (Å²) in [6, 6.07) is 1.93. The minimum Gasteiger partial charge on any atom is -0.363 e. The molecule has 2 heterocycles. The Morgan fingerprint density at radius 1 is 1.19 bits per heavy atom. The molecule has 2 rings (SSSR count). The lowest BCUT2D eigenvalue weighted by atomic mass is 10.3. The van der Waals surface area contributed by atoms with Crippen LogP contribution < -0.4 is 9.80 Å². The Balaban J connectivity index is 2.11. The molecule has 0 saturated carbocycles. The summed E-state index contributed by atoms with van der Waals surface area (Å²) in [6.07, 6.45) is 1.83. The molecule has 0 bridgehead atoms. The Bertz CT molecular complexity index is 344. The summed E-state index contributed by atoms with van der Waals surface area (Å²) in [6.45, 7) is 4.17. The van der Waals surface area contributed by atoms with Crippen molar-refractivity contribution in [3.8, 4) is 0 Å². The van der Waals surface area contributed by atoms with Crippen LogP contribution in [0, 0.1) is 0 Å². The smallest absolute Gasteiger partial charge is 0.227 e. The molecule has 0 amide bonds. The van der Waals surface area contributed by atoms with E-state index in [9.17, 15) is 0 Å². The van der Waals surface area contributed by atoms with Crippen LogP contribution in [0.3, 0.4) is 0 Å². The quantitative estimate of drug-likeness (QED) is 0.717. The van der Waals surface area contributed by atoms with Gasteiger partial charge in [0.05, 0.1) is 0 Å². The maximum atomic E-state index is 4.54. The first-order chi connectivity index (χ1) is 7.66. The van der Waals surface area contributed by atoms with Crippen molar-refractivity contribution < 1.29 is 0 Å². The largest absolute Gasteiger partial charge is 0.363 e. The summed E-state index contributed by atoms with van der Waals surface area (Å²) in [5.74, 6) is 1.81. The van der Waals surface area contributed by atoms with Gasteiger partial charge in [-0.15, -0.1) is 0 Å². The van der Waals surface area contributed by atoms with Crippen LogP contribution in [0.2, 0.25) is 0 Å². The monoisotopic (exact) mass is 221 g/mol. The van der Waals surface area contributed by atoms with Gasteiger partial charge >= 0.3 is 0 Å². The van der Waals surface area contributed by atoms with Crippen LogP contribution in [0.4, 0.5) is 11.8 Å². The van der Waals surface area contributed by atoms with Gasteiger partial charge in [-0.05, 0) is 13.1 Å². The summed E-state index contributed by atoms with van der Waals surface area (Å²) in [5, 5.41) is 0. The fourth-order valence-electron chi connectivity index (χ4n) is 1.75. The van der Waals surface area contributed by atoms with E-state index in [1.807, 2.05) is 31.3 Å². The van der Waals surface area contributed by atoms with Crippen LogP contribution in [-0.4, -0.2) is 62.2 Å². The molecule has 5 nitrogen and oxygen atoms in total. The molecule has 0 aliphatic carbocycles. The van der Waals surface area contributed by atoms with Gasteiger partial charge in [-0.2, -0.15) is 4.98 Å². The third-order valence-corrected chi connectivity index (χ3v) is 2.87. The van der Waals surface area contributed by atoms with Crippen molar-refractivity contribution in [2.45, 2.75) is 0 Å². The zero-order valence-corrected chi connectivity index (χ0v) is 10.2. The van der Waals surface area contributed by atoms with Crippen molar-refractivity contribution in [2.24, 2.45) is 0 Å². The molecule has 1 saturated heterocycles. The van der Waals surface area contributed by atoms with E-state index in [4.69, 9.17) is 0 Å². The van der Waals surface area contributed by atoms with Gasteiger partial charge in [0.25, 0.3) is 0 Å². The molecule has 1 aromatic heterocycles. The predicted octanol–water partition coefficient (Wildman–Crippen LogP) is 0.294. The lowest BCUT2D eigenvalue weighted by Gasteiger charge is -2.32. The lowest BCUT2D eigenvalue weighted by molar-refractivity contribution is 0.311. The third-order valence-electron chi connectivity index (χ3n) is 2.87. The second-order valence-corrected chi connectivity index (χ2v) is 4.40. The molecule has 0 atom stereocenters. The van der Waals surface area contributed by atoms with Crippen molar-refractivity contribution in [3.63, 3.8) is 0 Å². The average Bonchev–Trinajstić information content (AvgIpc) is 2.30. The topological polar surface area (TPSA) is 35.5 Å². The fraction of sp³-hybridized carbons (Fsp3) is 0.636. The molecule has 0 aromatic carbocycles. The Kier molecular flexibility index (Phi) is 3.24. The number of aromatic nitrogens is 2. The highest BCUT2D eigenvalue weighted by Gasteiger charge is 2.16. The van der Waals surface area contributed by atoms with Gasteiger partial charge in [0, 0.05) is 46.5 Å². The van der Waals surface area contributed by atoms with Crippen LogP contribution >= 0.6 is 0 Å². The summed E-state index contributed by atoms with van der Waals surface area (Å²) in [4.78, 5) is 15.5. The van der Waals surface area contributed by atoms with Crippen molar-refractivity contribution in [2.75, 3.05) is 57.1 Å². The summed E-state index contributed by atoms with van der Waals surface area (Å²) in [5.41, 5.74) is 0. The standard InChI is InChI=1S/C11H19N5/c1-14(2)10-4-5-12-11(13-10)16-8-6-15(3)7-9-16/h4-5H,6-9H2,1-3H3. The van der Waals surface area contributed by atoms with Crippen LogP contribution in [-0.2, 0) is 0 Å². The minimum absolute atomic E-state index is 0.847. The number of piperazine rings is 1. The number of nitrogens with zero attached hydrogens (tertiary/aromatic N) is 5. The van der Waals surface area contributed by atoms with E-state index in [1.165, 1.54) is 0 Å². The number of anilines is 2. The molecule has 0 unspecified atom stereocenters. The normalized spacial score (nSPS) is 17.6. The molecule has 88 valence electrons. The molecule has 0 N–H and O–H groups in total. The van der Waals surface area contributed by atoms with Crippen molar-refractivity contribution in [1.29, 1.82) is 0 Å². The third kappa shape index (κ3) is 2.41. The van der Waals surface area contributed by atoms with E-state index in [0.29, 0.717) is 0 Å². The first-order valence-electron chi connectivity index (χ1n) is 5.60. The van der Waals surface area contributed by atoms with Gasteiger partial charge < -0.3 is 14.7 Å². The van der Waals surface area contributed by atoms with Gasteiger partial charge in [0.15, 0.2) is 0 Å². The molecule has 1 aliphatic heterocycles. The van der Waals surface area contributed by atoms with Gasteiger partial charge in [-0.3, -0.25) is 0 Å². The molecule has 1 fully saturated rings. The predicted molar refractivity (Wildman–Crippen MR) is 66.1 cm³/mol. The Morgan fingerprint density at radius 2 is 1.88 bits per heavy atom. The molecule has 5 heteroatoms. The van der Waals surface area contributed by atoms with Gasteiger partial charge in [0.2, 0.25) is 5.95 Å². The molecular formula is C11H19N5. The molecular weight excluding hydrogens is 202 g/mol. The molecule has 16 heavy (non-hydrogen) atoms. The first kappa shape index (κ1) is 11.1. The van der Waals surface area contributed by atoms with Gasteiger partial charge in [-0.25, -0.2) is 4.98 Å². The fourth-order valence-corrected chi connectivity index (χ4v) is 1.75. The summed E-state index contributed by atoms with van der Waals surface area (Å²) < 4.78 is 0. The molecule has 0 spiro atoms. The second kappa shape index (κ2) is 4.65.